The Morgan fingerprint density at radius 2 is 2.22 bits per heavy atom. The van der Waals surface area contributed by atoms with Gasteiger partial charge in [-0.2, -0.15) is 5.10 Å². The lowest BCUT2D eigenvalue weighted by Gasteiger charge is -2.45. The summed E-state index contributed by atoms with van der Waals surface area (Å²) in [6.45, 7) is 0. The number of fused-ring (bicyclic) bond motifs is 2. The molecule has 18 heavy (non-hydrogen) atoms. The maximum absolute atomic E-state index is 11.5. The molecule has 3 heterocycles. The van der Waals surface area contributed by atoms with Gasteiger partial charge in [-0.1, -0.05) is 0 Å². The largest absolute Gasteiger partial charge is 0.465 e. The van der Waals surface area contributed by atoms with Gasteiger partial charge in [-0.15, -0.1) is 0 Å². The molecule has 3 rings (SSSR count). The van der Waals surface area contributed by atoms with Crippen molar-refractivity contribution in [1.82, 2.24) is 14.7 Å². The van der Waals surface area contributed by atoms with E-state index in [-0.39, 0.29) is 12.0 Å². The molecule has 0 aliphatic carbocycles. The Balaban J connectivity index is 2.05. The molecule has 2 bridgehead atoms. The fourth-order valence-electron chi connectivity index (χ4n) is 3.51. The van der Waals surface area contributed by atoms with Crippen molar-refractivity contribution in [3.05, 3.63) is 18.5 Å². The topological polar surface area (TPSA) is 75.4 Å². The molecular weight excluding hydrogens is 234 g/mol. The zero-order valence-corrected chi connectivity index (χ0v) is 9.90. The van der Waals surface area contributed by atoms with Crippen molar-refractivity contribution < 1.29 is 14.7 Å². The summed E-state index contributed by atoms with van der Waals surface area (Å²) in [5.41, 5.74) is -0.584. The van der Waals surface area contributed by atoms with Crippen molar-refractivity contribution >= 4 is 12.4 Å². The van der Waals surface area contributed by atoms with Gasteiger partial charge in [0.25, 0.3) is 0 Å². The predicted octanol–water partition coefficient (Wildman–Crippen LogP) is 1.29. The van der Waals surface area contributed by atoms with Crippen LogP contribution in [0.4, 0.5) is 4.79 Å². The summed E-state index contributed by atoms with van der Waals surface area (Å²) in [7, 11) is 0. The van der Waals surface area contributed by atoms with Crippen LogP contribution in [0.15, 0.2) is 18.5 Å². The van der Waals surface area contributed by atoms with Gasteiger partial charge in [-0.25, -0.2) is 9.48 Å². The summed E-state index contributed by atoms with van der Waals surface area (Å²) in [5.74, 6) is -0.174. The van der Waals surface area contributed by atoms with Gasteiger partial charge in [-0.05, 0) is 31.7 Å². The first-order chi connectivity index (χ1) is 8.69. The van der Waals surface area contributed by atoms with Crippen LogP contribution in [0.5, 0.6) is 0 Å². The van der Waals surface area contributed by atoms with Gasteiger partial charge in [0.1, 0.15) is 11.9 Å². The first-order valence-corrected chi connectivity index (χ1v) is 6.17. The van der Waals surface area contributed by atoms with Crippen molar-refractivity contribution in [3.63, 3.8) is 0 Å². The highest BCUT2D eigenvalue weighted by Crippen LogP contribution is 2.48. The lowest BCUT2D eigenvalue weighted by Crippen LogP contribution is -2.57. The normalized spacial score (nSPS) is 34.6. The summed E-state index contributed by atoms with van der Waals surface area (Å²) in [6, 6.07) is 1.60. The van der Waals surface area contributed by atoms with Crippen LogP contribution in [0.25, 0.3) is 0 Å². The number of hydrogen-bond donors (Lipinski definition) is 1. The molecule has 2 fully saturated rings. The maximum atomic E-state index is 11.5. The minimum Gasteiger partial charge on any atom is -0.465 e. The van der Waals surface area contributed by atoms with Gasteiger partial charge in [0, 0.05) is 24.4 Å². The smallest absolute Gasteiger partial charge is 0.409 e. The second kappa shape index (κ2) is 3.83. The van der Waals surface area contributed by atoms with E-state index in [9.17, 15) is 14.7 Å². The summed E-state index contributed by atoms with van der Waals surface area (Å²) in [4.78, 5) is 24.1. The minimum absolute atomic E-state index is 0.174. The van der Waals surface area contributed by atoms with E-state index in [1.807, 2.05) is 0 Å². The number of nitrogens with zero attached hydrogens (tertiary/aromatic N) is 3. The Morgan fingerprint density at radius 3 is 2.83 bits per heavy atom. The molecule has 3 unspecified atom stereocenters. The zero-order chi connectivity index (χ0) is 12.8. The Kier molecular flexibility index (Phi) is 2.39. The Bertz CT molecular complexity index is 473. The lowest BCUT2D eigenvalue weighted by atomic mass is 9.89. The summed E-state index contributed by atoms with van der Waals surface area (Å²) < 4.78 is 1.74. The molecule has 0 spiro atoms. The lowest BCUT2D eigenvalue weighted by molar-refractivity contribution is -0.116. The molecule has 1 aromatic heterocycles. The number of piperidine rings is 1. The first-order valence-electron chi connectivity index (χ1n) is 6.17. The van der Waals surface area contributed by atoms with Crippen LogP contribution < -0.4 is 0 Å². The van der Waals surface area contributed by atoms with E-state index in [1.54, 1.807) is 23.1 Å². The number of aromatic nitrogens is 2. The summed E-state index contributed by atoms with van der Waals surface area (Å²) in [6.07, 6.45) is 6.26. The fourth-order valence-corrected chi connectivity index (χ4v) is 3.51. The molecular formula is C12H15N3O3. The van der Waals surface area contributed by atoms with Gasteiger partial charge in [-0.3, -0.25) is 4.90 Å². The molecule has 2 aliphatic heterocycles. The van der Waals surface area contributed by atoms with E-state index in [2.05, 4.69) is 5.10 Å². The Labute approximate surface area is 104 Å². The SMILES string of the molecule is O=CC1CCC2(n3cccn3)CCC1N2C(=O)O. The van der Waals surface area contributed by atoms with E-state index >= 15 is 0 Å². The molecule has 2 saturated heterocycles. The van der Waals surface area contributed by atoms with E-state index in [0.29, 0.717) is 6.42 Å². The molecule has 0 saturated carbocycles. The highest BCUT2D eigenvalue weighted by Gasteiger charge is 2.56. The number of hydrogen-bond acceptors (Lipinski definition) is 3. The molecule has 1 amide bonds. The molecule has 0 aromatic carbocycles. The molecule has 96 valence electrons. The van der Waals surface area contributed by atoms with Gasteiger partial charge in [0.2, 0.25) is 0 Å². The predicted molar refractivity (Wildman–Crippen MR) is 61.9 cm³/mol. The van der Waals surface area contributed by atoms with E-state index in [1.165, 1.54) is 4.90 Å². The molecule has 1 N–H and O–H groups in total. The third-order valence-electron chi connectivity index (χ3n) is 4.30. The van der Waals surface area contributed by atoms with Crippen molar-refractivity contribution in [2.24, 2.45) is 5.92 Å². The third-order valence-corrected chi connectivity index (χ3v) is 4.30. The number of aldehydes is 1. The van der Waals surface area contributed by atoms with Crippen molar-refractivity contribution in [1.29, 1.82) is 0 Å². The Hall–Kier alpha value is -1.85. The van der Waals surface area contributed by atoms with Crippen molar-refractivity contribution in [2.75, 3.05) is 0 Å². The highest BCUT2D eigenvalue weighted by atomic mass is 16.4. The van der Waals surface area contributed by atoms with Crippen LogP contribution in [-0.2, 0) is 10.5 Å². The van der Waals surface area contributed by atoms with Crippen LogP contribution in [0.3, 0.4) is 0 Å². The van der Waals surface area contributed by atoms with Crippen LogP contribution in [0.1, 0.15) is 25.7 Å². The van der Waals surface area contributed by atoms with E-state index in [4.69, 9.17) is 0 Å². The maximum Gasteiger partial charge on any atom is 0.409 e. The number of carbonyl (C=O) groups is 2. The summed E-state index contributed by atoms with van der Waals surface area (Å²) in [5, 5.41) is 13.7. The number of carbonyl (C=O) groups excluding carboxylic acids is 1. The fraction of sp³-hybridized carbons (Fsp3) is 0.583. The molecule has 1 aromatic rings. The quantitative estimate of drug-likeness (QED) is 0.801. The van der Waals surface area contributed by atoms with Crippen molar-refractivity contribution in [3.8, 4) is 0 Å². The van der Waals surface area contributed by atoms with Crippen molar-refractivity contribution in [2.45, 2.75) is 37.4 Å². The minimum atomic E-state index is -0.959. The average molecular weight is 249 g/mol. The molecule has 6 heteroatoms. The number of rotatable bonds is 2. The van der Waals surface area contributed by atoms with Crippen LogP contribution in [-0.4, -0.2) is 38.2 Å². The van der Waals surface area contributed by atoms with E-state index in [0.717, 1.165) is 25.5 Å². The molecule has 2 aliphatic rings. The second-order valence-electron chi connectivity index (χ2n) is 5.03. The average Bonchev–Trinajstić information content (AvgIpc) is 2.96. The molecule has 3 atom stereocenters. The summed E-state index contributed by atoms with van der Waals surface area (Å²) >= 11 is 0. The third kappa shape index (κ3) is 1.31. The molecule has 0 radical (unpaired) electrons. The van der Waals surface area contributed by atoms with Gasteiger partial charge in [0.15, 0.2) is 0 Å². The van der Waals surface area contributed by atoms with Gasteiger partial charge in [0.05, 0.1) is 0 Å². The first kappa shape index (κ1) is 11.3. The van der Waals surface area contributed by atoms with Crippen LogP contribution in [0.2, 0.25) is 0 Å². The van der Waals surface area contributed by atoms with Gasteiger partial charge < -0.3 is 9.90 Å². The van der Waals surface area contributed by atoms with Crippen LogP contribution in [0, 0.1) is 5.92 Å². The Morgan fingerprint density at radius 1 is 1.44 bits per heavy atom. The standard InChI is InChI=1S/C12H15N3O3/c16-8-9-2-4-12(14-7-1-6-13-14)5-3-10(9)15(12)11(17)18/h1,6-10H,2-5H2,(H,17,18). The zero-order valence-electron chi connectivity index (χ0n) is 9.90. The highest BCUT2D eigenvalue weighted by molar-refractivity contribution is 5.69. The molecule has 6 nitrogen and oxygen atoms in total. The second-order valence-corrected chi connectivity index (χ2v) is 5.03. The number of carboxylic acid groups (broad SMARTS) is 1. The monoisotopic (exact) mass is 249 g/mol. The number of amides is 1. The van der Waals surface area contributed by atoms with Crippen LogP contribution >= 0.6 is 0 Å². The van der Waals surface area contributed by atoms with Gasteiger partial charge >= 0.3 is 6.09 Å². The van der Waals surface area contributed by atoms with E-state index < -0.39 is 11.8 Å².